The molecular formula is C17H16ClNOS. The zero-order chi connectivity index (χ0) is 14.7. The summed E-state index contributed by atoms with van der Waals surface area (Å²) in [6.45, 7) is 1.34. The fourth-order valence-electron chi connectivity index (χ4n) is 2.28. The number of halogens is 1. The molecule has 0 spiro atoms. The minimum absolute atomic E-state index is 0.537. The molecular weight excluding hydrogens is 302 g/mol. The number of thiophene rings is 1. The van der Waals surface area contributed by atoms with Gasteiger partial charge in [-0.05, 0) is 41.6 Å². The van der Waals surface area contributed by atoms with Gasteiger partial charge in [-0.15, -0.1) is 11.3 Å². The Bertz CT molecular complexity index is 753. The van der Waals surface area contributed by atoms with Crippen LogP contribution in [0.2, 0.25) is 5.02 Å². The summed E-state index contributed by atoms with van der Waals surface area (Å²) >= 11 is 8.01. The van der Waals surface area contributed by atoms with E-state index in [4.69, 9.17) is 16.3 Å². The molecule has 2 nitrogen and oxygen atoms in total. The maximum absolute atomic E-state index is 6.27. The lowest BCUT2D eigenvalue weighted by atomic mass is 10.2. The molecule has 0 bridgehead atoms. The fraction of sp³-hybridized carbons (Fsp3) is 0.176. The minimum Gasteiger partial charge on any atom is -0.487 e. The van der Waals surface area contributed by atoms with Crippen LogP contribution in [-0.4, -0.2) is 7.05 Å². The second-order valence-corrected chi connectivity index (χ2v) is 6.16. The van der Waals surface area contributed by atoms with Crippen molar-refractivity contribution in [1.82, 2.24) is 5.32 Å². The van der Waals surface area contributed by atoms with Crippen molar-refractivity contribution in [3.63, 3.8) is 0 Å². The van der Waals surface area contributed by atoms with Crippen molar-refractivity contribution < 1.29 is 4.74 Å². The van der Waals surface area contributed by atoms with Gasteiger partial charge in [-0.1, -0.05) is 35.9 Å². The van der Waals surface area contributed by atoms with Gasteiger partial charge in [0, 0.05) is 16.8 Å². The fourth-order valence-corrected chi connectivity index (χ4v) is 3.48. The number of fused-ring (bicyclic) bond motifs is 1. The maximum Gasteiger partial charge on any atom is 0.138 e. The van der Waals surface area contributed by atoms with Gasteiger partial charge in [0.05, 0.1) is 5.02 Å². The van der Waals surface area contributed by atoms with E-state index in [1.807, 2.05) is 25.2 Å². The Hall–Kier alpha value is -1.55. The highest BCUT2D eigenvalue weighted by atomic mass is 35.5. The lowest BCUT2D eigenvalue weighted by molar-refractivity contribution is 0.308. The van der Waals surface area contributed by atoms with E-state index < -0.39 is 0 Å². The van der Waals surface area contributed by atoms with Crippen LogP contribution in [0.3, 0.4) is 0 Å². The zero-order valence-electron chi connectivity index (χ0n) is 11.7. The van der Waals surface area contributed by atoms with Crippen molar-refractivity contribution in [3.05, 3.63) is 64.0 Å². The number of rotatable bonds is 5. The van der Waals surface area contributed by atoms with Crippen LogP contribution < -0.4 is 10.1 Å². The van der Waals surface area contributed by atoms with E-state index in [-0.39, 0.29) is 0 Å². The third-order valence-electron chi connectivity index (χ3n) is 3.32. The molecule has 0 fully saturated rings. The van der Waals surface area contributed by atoms with Crippen molar-refractivity contribution in [3.8, 4) is 5.75 Å². The predicted octanol–water partition coefficient (Wildman–Crippen LogP) is 4.85. The Morgan fingerprint density at radius 1 is 1.19 bits per heavy atom. The first-order chi connectivity index (χ1) is 10.3. The Balaban J connectivity index is 1.75. The summed E-state index contributed by atoms with van der Waals surface area (Å²) in [5, 5.41) is 7.16. The van der Waals surface area contributed by atoms with E-state index in [1.54, 1.807) is 11.3 Å². The molecule has 0 aliphatic rings. The zero-order valence-corrected chi connectivity index (χ0v) is 13.3. The van der Waals surface area contributed by atoms with E-state index in [9.17, 15) is 0 Å². The second-order valence-electron chi connectivity index (χ2n) is 4.84. The summed E-state index contributed by atoms with van der Waals surface area (Å²) in [6.07, 6.45) is 0. The Morgan fingerprint density at radius 3 is 2.86 bits per heavy atom. The number of hydrogen-bond acceptors (Lipinski definition) is 3. The molecule has 0 atom stereocenters. The van der Waals surface area contributed by atoms with E-state index in [0.29, 0.717) is 11.6 Å². The van der Waals surface area contributed by atoms with Crippen LogP contribution in [0.5, 0.6) is 5.75 Å². The summed E-state index contributed by atoms with van der Waals surface area (Å²) in [5.74, 6) is 0.729. The molecule has 108 valence electrons. The average Bonchev–Trinajstić information content (AvgIpc) is 2.90. The number of hydrogen-bond donors (Lipinski definition) is 1. The highest BCUT2D eigenvalue weighted by molar-refractivity contribution is 7.17. The topological polar surface area (TPSA) is 21.3 Å². The summed E-state index contributed by atoms with van der Waals surface area (Å²) in [5.41, 5.74) is 2.35. The molecule has 1 heterocycles. The van der Waals surface area contributed by atoms with Gasteiger partial charge in [0.1, 0.15) is 12.4 Å². The highest BCUT2D eigenvalue weighted by Crippen LogP contribution is 2.29. The maximum atomic E-state index is 6.27. The largest absolute Gasteiger partial charge is 0.487 e. The summed E-state index contributed by atoms with van der Waals surface area (Å²) in [7, 11) is 1.92. The molecule has 3 aromatic rings. The number of benzene rings is 2. The Labute approximate surface area is 133 Å². The van der Waals surface area contributed by atoms with Gasteiger partial charge in [0.15, 0.2) is 0 Å². The molecule has 0 aliphatic carbocycles. The van der Waals surface area contributed by atoms with Crippen molar-refractivity contribution >= 4 is 33.0 Å². The molecule has 2 aromatic carbocycles. The summed E-state index contributed by atoms with van der Waals surface area (Å²) in [6, 6.07) is 14.3. The normalized spacial score (nSPS) is 11.0. The molecule has 3 rings (SSSR count). The van der Waals surface area contributed by atoms with Crippen LogP contribution in [0.1, 0.15) is 11.1 Å². The first-order valence-electron chi connectivity index (χ1n) is 6.79. The minimum atomic E-state index is 0.537. The molecule has 0 unspecified atom stereocenters. The van der Waals surface area contributed by atoms with Crippen LogP contribution >= 0.6 is 22.9 Å². The molecule has 1 N–H and O–H groups in total. The van der Waals surface area contributed by atoms with Gasteiger partial charge >= 0.3 is 0 Å². The van der Waals surface area contributed by atoms with E-state index in [1.165, 1.54) is 15.6 Å². The van der Waals surface area contributed by atoms with Gasteiger partial charge < -0.3 is 10.1 Å². The van der Waals surface area contributed by atoms with Gasteiger partial charge in [-0.25, -0.2) is 0 Å². The van der Waals surface area contributed by atoms with Gasteiger partial charge in [0.2, 0.25) is 0 Å². The van der Waals surface area contributed by atoms with Gasteiger partial charge in [-0.3, -0.25) is 0 Å². The quantitative estimate of drug-likeness (QED) is 0.726. The lowest BCUT2D eigenvalue weighted by Crippen LogP contribution is -2.05. The number of nitrogens with one attached hydrogen (secondary N) is 1. The Kier molecular flexibility index (Phi) is 4.44. The van der Waals surface area contributed by atoms with Gasteiger partial charge in [-0.2, -0.15) is 0 Å². The summed E-state index contributed by atoms with van der Waals surface area (Å²) < 4.78 is 7.16. The molecule has 4 heteroatoms. The molecule has 0 aliphatic heterocycles. The standard InChI is InChI=1S/C17H16ClNOS/c1-19-9-12-6-7-16(15(18)8-12)20-10-13-11-21-17-5-3-2-4-14(13)17/h2-8,11,19H,9-10H2,1H3. The van der Waals surface area contributed by atoms with E-state index in [2.05, 4.69) is 35.0 Å². The first kappa shape index (κ1) is 14.4. The van der Waals surface area contributed by atoms with Crippen LogP contribution in [-0.2, 0) is 13.2 Å². The average molecular weight is 318 g/mol. The smallest absolute Gasteiger partial charge is 0.138 e. The van der Waals surface area contributed by atoms with Crippen molar-refractivity contribution in [2.24, 2.45) is 0 Å². The molecule has 0 saturated carbocycles. The van der Waals surface area contributed by atoms with Crippen LogP contribution in [0.4, 0.5) is 0 Å². The van der Waals surface area contributed by atoms with E-state index >= 15 is 0 Å². The molecule has 0 radical (unpaired) electrons. The van der Waals surface area contributed by atoms with Crippen LogP contribution in [0.25, 0.3) is 10.1 Å². The van der Waals surface area contributed by atoms with Crippen LogP contribution in [0, 0.1) is 0 Å². The second kappa shape index (κ2) is 6.48. The lowest BCUT2D eigenvalue weighted by Gasteiger charge is -2.09. The molecule has 0 amide bonds. The number of ether oxygens (including phenoxy) is 1. The monoisotopic (exact) mass is 317 g/mol. The predicted molar refractivity (Wildman–Crippen MR) is 90.4 cm³/mol. The molecule has 0 saturated heterocycles. The molecule has 1 aromatic heterocycles. The van der Waals surface area contributed by atoms with Crippen molar-refractivity contribution in [2.45, 2.75) is 13.2 Å². The first-order valence-corrected chi connectivity index (χ1v) is 8.04. The van der Waals surface area contributed by atoms with Crippen molar-refractivity contribution in [1.29, 1.82) is 0 Å². The SMILES string of the molecule is CNCc1ccc(OCc2csc3ccccc23)c(Cl)c1. The molecule has 21 heavy (non-hydrogen) atoms. The van der Waals surface area contributed by atoms with Crippen LogP contribution in [0.15, 0.2) is 47.8 Å². The third-order valence-corrected chi connectivity index (χ3v) is 4.63. The van der Waals surface area contributed by atoms with Crippen molar-refractivity contribution in [2.75, 3.05) is 7.05 Å². The van der Waals surface area contributed by atoms with E-state index in [0.717, 1.165) is 17.9 Å². The highest BCUT2D eigenvalue weighted by Gasteiger charge is 2.07. The third kappa shape index (κ3) is 3.21. The Morgan fingerprint density at radius 2 is 2.05 bits per heavy atom. The van der Waals surface area contributed by atoms with Gasteiger partial charge in [0.25, 0.3) is 0 Å². The summed E-state index contributed by atoms with van der Waals surface area (Å²) in [4.78, 5) is 0.